The van der Waals surface area contributed by atoms with E-state index in [0.717, 1.165) is 54.2 Å². The van der Waals surface area contributed by atoms with Gasteiger partial charge in [0.25, 0.3) is 23.6 Å². The second-order valence-electron chi connectivity index (χ2n) is 17.5. The first-order chi connectivity index (χ1) is 31.2. The van der Waals surface area contributed by atoms with Crippen LogP contribution < -0.4 is 35.4 Å². The number of anilines is 5. The summed E-state index contributed by atoms with van der Waals surface area (Å²) in [6, 6.07) is 6.10. The number of hydrogen-bond donors (Lipinski definition) is 3. The Balaban J connectivity index is 0.771. The SMILES string of the molecule is COc1cc(C(=O)NC2CCN(CN3CCN(c4ccc5c(c4)C(=O)N(C4CCC(=O)NC4=O)C5=O)CC3)CC2)c(F)cc1Nc1ncc2c(n1)N(C1CCCC1)CC(F)(F)C(=O)N2C. The molecule has 1 aliphatic carbocycles. The van der Waals surface area contributed by atoms with E-state index in [1.807, 2.05) is 6.07 Å². The van der Waals surface area contributed by atoms with Crippen molar-refractivity contribution in [3.05, 3.63) is 59.0 Å². The molecule has 0 spiro atoms. The number of piperazine rings is 1. The number of ether oxygens (including phenoxy) is 1. The molecule has 6 aliphatic rings. The van der Waals surface area contributed by atoms with E-state index in [4.69, 9.17) is 4.74 Å². The highest BCUT2D eigenvalue weighted by Gasteiger charge is 2.49. The molecule has 1 unspecified atom stereocenters. The Morgan fingerprint density at radius 1 is 0.908 bits per heavy atom. The van der Waals surface area contributed by atoms with Gasteiger partial charge in [0.1, 0.15) is 23.3 Å². The normalized spacial score (nSPS) is 22.2. The third-order valence-electron chi connectivity index (χ3n) is 13.4. The van der Waals surface area contributed by atoms with Gasteiger partial charge in [-0.15, -0.1) is 0 Å². The maximum atomic E-state index is 15.7. The van der Waals surface area contributed by atoms with Crippen LogP contribution in [0.1, 0.15) is 82.4 Å². The smallest absolute Gasteiger partial charge is 0.342 e. The minimum Gasteiger partial charge on any atom is -0.495 e. The van der Waals surface area contributed by atoms with E-state index >= 15 is 13.2 Å². The van der Waals surface area contributed by atoms with Gasteiger partial charge in [0.15, 0.2) is 5.82 Å². The highest BCUT2D eigenvalue weighted by Crippen LogP contribution is 2.40. The van der Waals surface area contributed by atoms with Crippen molar-refractivity contribution in [3.8, 4) is 5.75 Å². The number of imide groups is 2. The minimum absolute atomic E-state index is 0.0292. The molecule has 18 nitrogen and oxygen atoms in total. The molecule has 0 bridgehead atoms. The number of likely N-dealkylation sites (tertiary alicyclic amines) is 1. The third-order valence-corrected chi connectivity index (χ3v) is 13.4. The van der Waals surface area contributed by atoms with E-state index in [1.165, 1.54) is 31.3 Å². The molecule has 1 atom stereocenters. The molecule has 3 saturated heterocycles. The number of aromatic nitrogens is 2. The summed E-state index contributed by atoms with van der Waals surface area (Å²) in [4.78, 5) is 95.6. The van der Waals surface area contributed by atoms with Gasteiger partial charge in [-0.25, -0.2) is 9.37 Å². The van der Waals surface area contributed by atoms with E-state index in [0.29, 0.717) is 51.9 Å². The van der Waals surface area contributed by atoms with Crippen molar-refractivity contribution in [2.45, 2.75) is 75.4 Å². The molecule has 6 heterocycles. The van der Waals surface area contributed by atoms with Gasteiger partial charge in [-0.2, -0.15) is 13.8 Å². The van der Waals surface area contributed by atoms with Crippen LogP contribution in [0.25, 0.3) is 0 Å². The van der Waals surface area contributed by atoms with Crippen LogP contribution in [-0.4, -0.2) is 151 Å². The molecule has 344 valence electrons. The average molecular weight is 902 g/mol. The Bertz CT molecular complexity index is 2440. The Labute approximate surface area is 372 Å². The number of amides is 6. The summed E-state index contributed by atoms with van der Waals surface area (Å²) in [6.07, 6.45) is 5.84. The third kappa shape index (κ3) is 8.53. The molecule has 3 N–H and O–H groups in total. The lowest BCUT2D eigenvalue weighted by atomic mass is 10.0. The summed E-state index contributed by atoms with van der Waals surface area (Å²) in [5.74, 6) is -8.27. The van der Waals surface area contributed by atoms with Crippen LogP contribution in [0.15, 0.2) is 36.5 Å². The van der Waals surface area contributed by atoms with Gasteiger partial charge >= 0.3 is 5.92 Å². The van der Waals surface area contributed by atoms with Gasteiger partial charge in [-0.3, -0.25) is 48.8 Å². The summed E-state index contributed by atoms with van der Waals surface area (Å²) in [5.41, 5.74) is 1.33. The zero-order valence-electron chi connectivity index (χ0n) is 36.1. The van der Waals surface area contributed by atoms with Crippen molar-refractivity contribution < 1.29 is 46.7 Å². The first-order valence-electron chi connectivity index (χ1n) is 22.0. The number of hydrogen-bond acceptors (Lipinski definition) is 14. The Kier molecular flexibility index (Phi) is 11.9. The predicted octanol–water partition coefficient (Wildman–Crippen LogP) is 3.10. The fourth-order valence-electron chi connectivity index (χ4n) is 9.79. The average Bonchev–Trinajstić information content (AvgIpc) is 3.90. The molecule has 5 aliphatic heterocycles. The van der Waals surface area contributed by atoms with Crippen LogP contribution in [0.3, 0.4) is 0 Å². The molecule has 9 rings (SSSR count). The van der Waals surface area contributed by atoms with Gasteiger partial charge in [0.2, 0.25) is 17.8 Å². The quantitative estimate of drug-likeness (QED) is 0.252. The van der Waals surface area contributed by atoms with Gasteiger partial charge in [-0.1, -0.05) is 12.8 Å². The molecule has 65 heavy (non-hydrogen) atoms. The van der Waals surface area contributed by atoms with Crippen LogP contribution in [0.2, 0.25) is 0 Å². The van der Waals surface area contributed by atoms with Gasteiger partial charge < -0.3 is 30.1 Å². The van der Waals surface area contributed by atoms with Gasteiger partial charge in [0.05, 0.1) is 48.9 Å². The molecule has 21 heteroatoms. The number of halogens is 3. The summed E-state index contributed by atoms with van der Waals surface area (Å²) in [7, 11) is 2.63. The number of nitrogens with one attached hydrogen (secondary N) is 3. The fourth-order valence-corrected chi connectivity index (χ4v) is 9.79. The summed E-state index contributed by atoms with van der Waals surface area (Å²) >= 11 is 0. The lowest BCUT2D eigenvalue weighted by molar-refractivity contribution is -0.140. The largest absolute Gasteiger partial charge is 0.495 e. The summed E-state index contributed by atoms with van der Waals surface area (Å²) in [5, 5.41) is 8.11. The number of carbonyl (C=O) groups is 6. The van der Waals surface area contributed by atoms with Crippen molar-refractivity contribution in [1.29, 1.82) is 0 Å². The first-order valence-corrected chi connectivity index (χ1v) is 22.0. The second kappa shape index (κ2) is 17.6. The highest BCUT2D eigenvalue weighted by atomic mass is 19.3. The Morgan fingerprint density at radius 3 is 2.32 bits per heavy atom. The molecule has 4 fully saturated rings. The fraction of sp³-hybridized carbons (Fsp3) is 0.500. The van der Waals surface area contributed by atoms with Crippen molar-refractivity contribution in [2.75, 3.05) is 86.7 Å². The standard InChI is InChI=1S/C44H50F3N11O7/c1-53-34-22-48-43(52-37(34)57(26-5-3-4-6-26)23-44(46,47)42(53)64)50-32-21-31(45)30(20-35(32)65-2)38(60)49-25-11-13-54(14-12-25)24-55-15-17-56(18-16-55)27-7-8-28-29(19-27)41(63)58(40(28)62)33-9-10-36(59)51-39(33)61/h7-8,19-22,25-26,33H,3-6,9-18,23-24H2,1-2H3,(H,49,60)(H,48,50,52)(H,51,59,61). The lowest BCUT2D eigenvalue weighted by Gasteiger charge is -2.40. The Hall–Kier alpha value is -6.35. The van der Waals surface area contributed by atoms with Crippen LogP contribution >= 0.6 is 0 Å². The zero-order valence-corrected chi connectivity index (χ0v) is 36.1. The van der Waals surface area contributed by atoms with Crippen molar-refractivity contribution in [1.82, 2.24) is 35.3 Å². The van der Waals surface area contributed by atoms with E-state index in [1.54, 1.807) is 12.1 Å². The molecule has 2 aromatic carbocycles. The molecule has 1 saturated carbocycles. The monoisotopic (exact) mass is 901 g/mol. The summed E-state index contributed by atoms with van der Waals surface area (Å²) in [6.45, 7) is 4.21. The van der Waals surface area contributed by atoms with Gasteiger partial charge in [-0.05, 0) is 56.4 Å². The highest BCUT2D eigenvalue weighted by molar-refractivity contribution is 6.23. The number of piperidine rings is 2. The minimum atomic E-state index is -3.64. The summed E-state index contributed by atoms with van der Waals surface area (Å²) < 4.78 is 51.3. The number of benzene rings is 2. The molecular weight excluding hydrogens is 852 g/mol. The van der Waals surface area contributed by atoms with E-state index < -0.39 is 59.8 Å². The van der Waals surface area contributed by atoms with E-state index in [2.05, 4.69) is 40.6 Å². The lowest BCUT2D eigenvalue weighted by Crippen LogP contribution is -2.54. The topological polar surface area (TPSA) is 193 Å². The maximum absolute atomic E-state index is 15.7. The number of fused-ring (bicyclic) bond motifs is 2. The molecule has 3 aromatic rings. The number of alkyl halides is 2. The van der Waals surface area contributed by atoms with Crippen LogP contribution in [0, 0.1) is 5.82 Å². The van der Waals surface area contributed by atoms with Gasteiger partial charge in [0, 0.05) is 76.6 Å². The number of rotatable bonds is 10. The molecule has 0 radical (unpaired) electrons. The predicted molar refractivity (Wildman–Crippen MR) is 230 cm³/mol. The van der Waals surface area contributed by atoms with E-state index in [-0.39, 0.29) is 70.5 Å². The first kappa shape index (κ1) is 43.9. The van der Waals surface area contributed by atoms with Crippen LogP contribution in [0.4, 0.5) is 42.0 Å². The van der Waals surface area contributed by atoms with Crippen LogP contribution in [-0.2, 0) is 14.4 Å². The molecule has 1 aromatic heterocycles. The Morgan fingerprint density at radius 2 is 1.62 bits per heavy atom. The van der Waals surface area contributed by atoms with Crippen molar-refractivity contribution in [3.63, 3.8) is 0 Å². The number of methoxy groups -OCH3 is 1. The molecule has 6 amide bonds. The van der Waals surface area contributed by atoms with E-state index in [9.17, 15) is 28.8 Å². The number of nitrogens with zero attached hydrogens (tertiary/aromatic N) is 8. The second-order valence-corrected chi connectivity index (χ2v) is 17.5. The van der Waals surface area contributed by atoms with Crippen LogP contribution in [0.5, 0.6) is 5.75 Å². The molecular formula is C44H50F3N11O7. The number of carbonyl (C=O) groups excluding carboxylic acids is 6. The van der Waals surface area contributed by atoms with Crippen molar-refractivity contribution >= 4 is 64.3 Å². The van der Waals surface area contributed by atoms with Crippen molar-refractivity contribution in [2.24, 2.45) is 0 Å². The zero-order chi connectivity index (χ0) is 45.7. The maximum Gasteiger partial charge on any atom is 0.342 e.